The molecule has 86 valence electrons. The van der Waals surface area contributed by atoms with E-state index in [-0.39, 0.29) is 12.6 Å². The van der Waals surface area contributed by atoms with Crippen molar-refractivity contribution in [3.63, 3.8) is 0 Å². The van der Waals surface area contributed by atoms with Crippen molar-refractivity contribution in [2.45, 2.75) is 6.92 Å². The zero-order valence-electron chi connectivity index (χ0n) is 9.12. The van der Waals surface area contributed by atoms with E-state index in [1.54, 1.807) is 6.92 Å². The lowest BCUT2D eigenvalue weighted by atomic mass is 10.4. The molecule has 0 spiro atoms. The van der Waals surface area contributed by atoms with Crippen LogP contribution < -0.4 is 5.73 Å². The van der Waals surface area contributed by atoms with Gasteiger partial charge in [0.25, 0.3) is 0 Å². The van der Waals surface area contributed by atoms with Crippen molar-refractivity contribution in [1.29, 1.82) is 0 Å². The summed E-state index contributed by atoms with van der Waals surface area (Å²) >= 11 is 0. The van der Waals surface area contributed by atoms with Gasteiger partial charge in [0, 0.05) is 18.2 Å². The van der Waals surface area contributed by atoms with Crippen molar-refractivity contribution in [3.05, 3.63) is 24.8 Å². The molecule has 0 atom stereocenters. The molecule has 15 heavy (non-hydrogen) atoms. The second-order valence-electron chi connectivity index (χ2n) is 2.43. The molecule has 0 rings (SSSR count). The minimum absolute atomic E-state index is 0.269. The molecule has 0 bridgehead atoms. The van der Waals surface area contributed by atoms with Crippen LogP contribution in [0.15, 0.2) is 24.8 Å². The van der Waals surface area contributed by atoms with Gasteiger partial charge in [-0.2, -0.15) is 0 Å². The summed E-state index contributed by atoms with van der Waals surface area (Å²) in [6, 6.07) is 0. The fraction of sp³-hybridized carbons (Fsp3) is 0.400. The topological polar surface area (TPSA) is 78.6 Å². The van der Waals surface area contributed by atoms with Gasteiger partial charge in [0.15, 0.2) is 0 Å². The zero-order chi connectivity index (χ0) is 12.3. The Kier molecular flexibility index (Phi) is 11.0. The van der Waals surface area contributed by atoms with E-state index in [9.17, 15) is 9.59 Å². The molecule has 0 aliphatic carbocycles. The van der Waals surface area contributed by atoms with Gasteiger partial charge in [-0.3, -0.25) is 0 Å². The minimum atomic E-state index is -0.421. The van der Waals surface area contributed by atoms with E-state index < -0.39 is 5.97 Å². The number of methoxy groups -OCH3 is 1. The molecule has 0 saturated carbocycles. The summed E-state index contributed by atoms with van der Waals surface area (Å²) in [5.41, 5.74) is 5.45. The molecule has 0 saturated heterocycles. The van der Waals surface area contributed by atoms with Crippen LogP contribution in [0.25, 0.3) is 0 Å². The maximum Gasteiger partial charge on any atom is 0.332 e. The number of esters is 2. The number of carbonyl (C=O) groups excluding carboxylic acids is 2. The van der Waals surface area contributed by atoms with Crippen molar-refractivity contribution in [1.82, 2.24) is 0 Å². The molecule has 0 unspecified atom stereocenters. The Morgan fingerprint density at radius 1 is 1.47 bits per heavy atom. The van der Waals surface area contributed by atoms with Gasteiger partial charge in [0.05, 0.1) is 7.11 Å². The molecule has 0 radical (unpaired) electrons. The smallest absolute Gasteiger partial charge is 0.332 e. The Labute approximate surface area is 89.5 Å². The van der Waals surface area contributed by atoms with Crippen molar-refractivity contribution in [2.75, 3.05) is 20.3 Å². The lowest BCUT2D eigenvalue weighted by Crippen LogP contribution is -2.11. The summed E-state index contributed by atoms with van der Waals surface area (Å²) in [5, 5.41) is 0. The molecule has 0 aromatic heterocycles. The molecule has 0 amide bonds. The monoisotopic (exact) mass is 215 g/mol. The molecule has 0 aromatic carbocycles. The van der Waals surface area contributed by atoms with E-state index in [1.165, 1.54) is 7.11 Å². The first kappa shape index (κ1) is 15.8. The van der Waals surface area contributed by atoms with Gasteiger partial charge in [-0.25, -0.2) is 9.59 Å². The maximum atomic E-state index is 10.2. The third-order valence-corrected chi connectivity index (χ3v) is 1.06. The average molecular weight is 215 g/mol. The van der Waals surface area contributed by atoms with Crippen molar-refractivity contribution in [3.8, 4) is 0 Å². The second-order valence-corrected chi connectivity index (χ2v) is 2.43. The lowest BCUT2D eigenvalue weighted by molar-refractivity contribution is -0.137. The highest BCUT2D eigenvalue weighted by atomic mass is 16.5. The molecule has 2 N–H and O–H groups in total. The predicted molar refractivity (Wildman–Crippen MR) is 57.0 cm³/mol. The van der Waals surface area contributed by atoms with Crippen molar-refractivity contribution >= 4 is 11.9 Å². The van der Waals surface area contributed by atoms with Crippen LogP contribution >= 0.6 is 0 Å². The van der Waals surface area contributed by atoms with Crippen LogP contribution in [0.3, 0.4) is 0 Å². The SMILES string of the molecule is C=C(C)C(=O)OC.C=CC(=O)OCCN. The van der Waals surface area contributed by atoms with Crippen molar-refractivity contribution < 1.29 is 19.1 Å². The van der Waals surface area contributed by atoms with E-state index in [0.717, 1.165) is 6.08 Å². The first-order valence-electron chi connectivity index (χ1n) is 4.22. The summed E-state index contributed by atoms with van der Waals surface area (Å²) in [6.45, 7) is 8.78. The Balaban J connectivity index is 0. The van der Waals surface area contributed by atoms with Crippen LogP contribution in [0.2, 0.25) is 0 Å². The zero-order valence-corrected chi connectivity index (χ0v) is 9.12. The first-order chi connectivity index (χ1) is 6.99. The van der Waals surface area contributed by atoms with Gasteiger partial charge in [0.1, 0.15) is 6.61 Å². The molecule has 0 aliphatic heterocycles. The fourth-order valence-electron chi connectivity index (χ4n) is 0.393. The standard InChI is InChI=1S/C5H9NO2.C5H8O2/c1-2-5(7)8-4-3-6;1-4(2)5(6)7-3/h2H,1,3-4,6H2;1H2,2-3H3. The first-order valence-corrected chi connectivity index (χ1v) is 4.22. The third-order valence-electron chi connectivity index (χ3n) is 1.06. The highest BCUT2D eigenvalue weighted by Crippen LogP contribution is 1.87. The Morgan fingerprint density at radius 3 is 2.20 bits per heavy atom. The number of ether oxygens (including phenoxy) is 2. The van der Waals surface area contributed by atoms with Gasteiger partial charge >= 0.3 is 11.9 Å². The van der Waals surface area contributed by atoms with E-state index in [1.807, 2.05) is 0 Å². The summed E-state index contributed by atoms with van der Waals surface area (Å²) in [6.07, 6.45) is 1.11. The van der Waals surface area contributed by atoms with Crippen LogP contribution in [0, 0.1) is 0 Å². The molecular weight excluding hydrogens is 198 g/mol. The largest absolute Gasteiger partial charge is 0.466 e. The number of hydrogen-bond donors (Lipinski definition) is 1. The summed E-state index contributed by atoms with van der Waals surface area (Å²) < 4.78 is 8.73. The minimum Gasteiger partial charge on any atom is -0.466 e. The fourth-order valence-corrected chi connectivity index (χ4v) is 0.393. The van der Waals surface area contributed by atoms with Gasteiger partial charge < -0.3 is 15.2 Å². The van der Waals surface area contributed by atoms with Crippen LogP contribution in [-0.4, -0.2) is 32.2 Å². The quantitative estimate of drug-likeness (QED) is 0.542. The van der Waals surface area contributed by atoms with Crippen LogP contribution in [-0.2, 0) is 19.1 Å². The Morgan fingerprint density at radius 2 is 2.00 bits per heavy atom. The molecule has 5 nitrogen and oxygen atoms in total. The van der Waals surface area contributed by atoms with Crippen LogP contribution in [0.4, 0.5) is 0 Å². The molecule has 0 aromatic rings. The second kappa shape index (κ2) is 10.5. The number of rotatable bonds is 4. The van der Waals surface area contributed by atoms with E-state index >= 15 is 0 Å². The van der Waals surface area contributed by atoms with E-state index in [2.05, 4.69) is 22.6 Å². The van der Waals surface area contributed by atoms with E-state index in [0.29, 0.717) is 12.1 Å². The van der Waals surface area contributed by atoms with E-state index in [4.69, 9.17) is 5.73 Å². The lowest BCUT2D eigenvalue weighted by Gasteiger charge is -1.94. The summed E-state index contributed by atoms with van der Waals surface area (Å²) in [5.74, 6) is -0.768. The third kappa shape index (κ3) is 12.4. The highest BCUT2D eigenvalue weighted by Gasteiger charge is 1.95. The summed E-state index contributed by atoms with van der Waals surface area (Å²) in [4.78, 5) is 20.4. The van der Waals surface area contributed by atoms with Crippen LogP contribution in [0.1, 0.15) is 6.92 Å². The number of nitrogens with two attached hydrogens (primary N) is 1. The van der Waals surface area contributed by atoms with Gasteiger partial charge in [-0.1, -0.05) is 13.2 Å². The van der Waals surface area contributed by atoms with Crippen molar-refractivity contribution in [2.24, 2.45) is 5.73 Å². The van der Waals surface area contributed by atoms with Gasteiger partial charge in [-0.15, -0.1) is 0 Å². The van der Waals surface area contributed by atoms with Crippen LogP contribution in [0.5, 0.6) is 0 Å². The molecule has 5 heteroatoms. The molecule has 0 aliphatic rings. The number of carbonyl (C=O) groups is 2. The Bertz CT molecular complexity index is 236. The molecule has 0 fully saturated rings. The van der Waals surface area contributed by atoms with Gasteiger partial charge in [-0.05, 0) is 6.92 Å². The highest BCUT2D eigenvalue weighted by molar-refractivity contribution is 5.86. The molecule has 0 heterocycles. The average Bonchev–Trinajstić information content (AvgIpc) is 2.25. The predicted octanol–water partition coefficient (Wildman–Crippen LogP) is 0.410. The molecular formula is C10H17NO4. The summed E-state index contributed by atoms with van der Waals surface area (Å²) in [7, 11) is 1.33. The number of hydrogen-bond acceptors (Lipinski definition) is 5. The van der Waals surface area contributed by atoms with Gasteiger partial charge in [0.2, 0.25) is 0 Å². The maximum absolute atomic E-state index is 10.2. The Hall–Kier alpha value is -1.62. The normalized spacial score (nSPS) is 7.93.